The summed E-state index contributed by atoms with van der Waals surface area (Å²) in [5.74, 6) is -2.89. The third kappa shape index (κ3) is 21.9. The maximum absolute atomic E-state index is 14.3. The van der Waals surface area contributed by atoms with Crippen LogP contribution in [-0.2, 0) is 59.6 Å². The number of nitrogens with one attached hydrogen (secondary N) is 4. The van der Waals surface area contributed by atoms with Gasteiger partial charge >= 0.3 is 5.97 Å². The zero-order valence-corrected chi connectivity index (χ0v) is 43.8. The summed E-state index contributed by atoms with van der Waals surface area (Å²) in [6, 6.07) is 42.0. The first-order valence-corrected chi connectivity index (χ1v) is 26.0. The summed E-state index contributed by atoms with van der Waals surface area (Å²) in [4.78, 5) is 55.9. The number of aliphatic hydroxyl groups is 1. The number of azide groups is 1. The summed E-state index contributed by atoms with van der Waals surface area (Å²) >= 11 is 0. The summed E-state index contributed by atoms with van der Waals surface area (Å²) in [5.41, 5.74) is 13.1. The molecule has 0 heterocycles. The minimum atomic E-state index is -1.74. The van der Waals surface area contributed by atoms with E-state index in [1.54, 1.807) is 0 Å². The van der Waals surface area contributed by atoms with Crippen LogP contribution in [0.1, 0.15) is 65.2 Å². The Bertz CT molecular complexity index is 2480. The summed E-state index contributed by atoms with van der Waals surface area (Å²) in [5, 5.41) is 35.3. The highest BCUT2D eigenvalue weighted by Crippen LogP contribution is 2.37. The van der Waals surface area contributed by atoms with E-state index in [1.165, 1.54) is 24.3 Å². The van der Waals surface area contributed by atoms with Crippen molar-refractivity contribution in [3.63, 3.8) is 0 Å². The van der Waals surface area contributed by atoms with Gasteiger partial charge in [0.15, 0.2) is 6.10 Å². The van der Waals surface area contributed by atoms with Gasteiger partial charge in [0.05, 0.1) is 84.8 Å². The number of carbonyl (C=O) groups is 4. The van der Waals surface area contributed by atoms with Crippen molar-refractivity contribution >= 4 is 29.4 Å². The van der Waals surface area contributed by atoms with Crippen LogP contribution in [0.3, 0.4) is 0 Å². The van der Waals surface area contributed by atoms with Crippen molar-refractivity contribution < 1.29 is 57.8 Å². The van der Waals surface area contributed by atoms with E-state index in [2.05, 4.69) is 86.7 Å². The number of hydrogen-bond acceptors (Lipinski definition) is 13. The van der Waals surface area contributed by atoms with Crippen molar-refractivity contribution in [3.8, 4) is 0 Å². The van der Waals surface area contributed by atoms with Gasteiger partial charge in [0, 0.05) is 30.0 Å². The van der Waals surface area contributed by atoms with Crippen LogP contribution >= 0.6 is 0 Å². The SMILES string of the molecule is Cc1ccc(C(NCCCC[C@H](NC(=O)[C@H](Cc2ccccc2)NC(=O)CCOCCOCCOCCOCCOCCOCCN=[N+]=[N-])C(=O)Nc2ccc(C(O)C(=O)O)cc2)(c2ccccc2)c2ccccc2)cc1. The second kappa shape index (κ2) is 35.3. The molecule has 0 spiro atoms. The number of carboxylic acids is 1. The molecule has 3 amide bonds. The molecule has 0 aliphatic rings. The molecule has 412 valence electrons. The standard InChI is InChI=1S/C58H73N7O12/c1-44-20-24-49(25-21-44)58(47-15-7-3-8-16-47,48-17-9-4-10-18-48)60-29-12-11-19-51(55(68)62-50-26-22-46(23-27-50)54(67)57(70)71)64-56(69)52(43-45-13-5-2-6-14-45)63-53(66)28-31-72-33-35-74-37-39-76-41-42-77-40-38-75-36-34-73-32-30-61-65-59/h2-10,13-18,20-27,51-52,54,60,67H,11-12,19,28-43H2,1H3,(H,62,68)(H,63,66)(H,64,69)(H,70,71)/t51-,52-,54?/m0/s1. The summed E-state index contributed by atoms with van der Waals surface area (Å²) in [6.45, 7) is 7.02. The van der Waals surface area contributed by atoms with E-state index in [0.29, 0.717) is 84.5 Å². The van der Waals surface area contributed by atoms with Crippen molar-refractivity contribution in [2.75, 3.05) is 97.7 Å². The number of rotatable bonds is 39. The lowest BCUT2D eigenvalue weighted by atomic mass is 9.76. The van der Waals surface area contributed by atoms with Gasteiger partial charge in [-0.3, -0.25) is 19.7 Å². The number of aryl methyl sites for hydroxylation is 1. The first-order chi connectivity index (χ1) is 37.6. The van der Waals surface area contributed by atoms with E-state index in [4.69, 9.17) is 34.0 Å². The van der Waals surface area contributed by atoms with Crippen LogP contribution in [0.25, 0.3) is 10.4 Å². The van der Waals surface area contributed by atoms with Crippen LogP contribution in [0.4, 0.5) is 5.69 Å². The lowest BCUT2D eigenvalue weighted by Gasteiger charge is -2.37. The molecule has 6 N–H and O–H groups in total. The van der Waals surface area contributed by atoms with Crippen LogP contribution in [0.15, 0.2) is 145 Å². The Balaban J connectivity index is 1.14. The predicted molar refractivity (Wildman–Crippen MR) is 291 cm³/mol. The number of ether oxygens (including phenoxy) is 6. The molecule has 5 aromatic rings. The molecule has 3 atom stereocenters. The number of unbranched alkanes of at least 4 members (excludes halogenated alkanes) is 1. The van der Waals surface area contributed by atoms with Crippen molar-refractivity contribution in [1.82, 2.24) is 16.0 Å². The zero-order valence-electron chi connectivity index (χ0n) is 43.8. The highest BCUT2D eigenvalue weighted by atomic mass is 16.6. The third-order valence-corrected chi connectivity index (χ3v) is 12.2. The van der Waals surface area contributed by atoms with Gasteiger partial charge in [-0.1, -0.05) is 138 Å². The van der Waals surface area contributed by atoms with Gasteiger partial charge in [-0.15, -0.1) is 0 Å². The van der Waals surface area contributed by atoms with E-state index < -0.39 is 47.4 Å². The van der Waals surface area contributed by atoms with E-state index in [9.17, 15) is 29.4 Å². The number of anilines is 1. The Morgan fingerprint density at radius 3 is 1.60 bits per heavy atom. The molecular weight excluding hydrogens is 987 g/mol. The van der Waals surface area contributed by atoms with Crippen molar-refractivity contribution in [2.45, 2.75) is 62.8 Å². The number of aliphatic hydroxyl groups excluding tert-OH is 1. The molecule has 0 radical (unpaired) electrons. The molecular formula is C58H73N7O12. The predicted octanol–water partition coefficient (Wildman–Crippen LogP) is 6.82. The highest BCUT2D eigenvalue weighted by molar-refractivity contribution is 5.98. The van der Waals surface area contributed by atoms with Crippen LogP contribution in [0.2, 0.25) is 0 Å². The fourth-order valence-electron chi connectivity index (χ4n) is 8.24. The lowest BCUT2D eigenvalue weighted by Crippen LogP contribution is -2.53. The van der Waals surface area contributed by atoms with Gasteiger partial charge in [0.2, 0.25) is 17.7 Å². The molecule has 0 aliphatic carbocycles. The Labute approximate surface area is 450 Å². The molecule has 5 rings (SSSR count). The number of carbonyl (C=O) groups excluding carboxylic acids is 3. The van der Waals surface area contributed by atoms with E-state index >= 15 is 0 Å². The summed E-state index contributed by atoms with van der Waals surface area (Å²) in [6.07, 6.45) is -0.239. The van der Waals surface area contributed by atoms with Crippen LogP contribution in [-0.4, -0.2) is 138 Å². The van der Waals surface area contributed by atoms with Crippen LogP contribution in [0, 0.1) is 6.92 Å². The number of benzene rings is 5. The van der Waals surface area contributed by atoms with Gasteiger partial charge in [-0.2, -0.15) is 0 Å². The first kappa shape index (κ1) is 60.8. The number of hydrogen-bond donors (Lipinski definition) is 6. The van der Waals surface area contributed by atoms with Crippen molar-refractivity contribution in [2.24, 2.45) is 5.11 Å². The maximum Gasteiger partial charge on any atom is 0.337 e. The summed E-state index contributed by atoms with van der Waals surface area (Å²) < 4.78 is 32.9. The Kier molecular flexibility index (Phi) is 27.9. The number of carboxylic acid groups (broad SMARTS) is 1. The third-order valence-electron chi connectivity index (χ3n) is 12.2. The van der Waals surface area contributed by atoms with Gasteiger partial charge < -0.3 is 54.6 Å². The molecule has 5 aromatic carbocycles. The van der Waals surface area contributed by atoms with Gasteiger partial charge in [0.25, 0.3) is 0 Å². The number of aliphatic carboxylic acids is 1. The van der Waals surface area contributed by atoms with Crippen molar-refractivity contribution in [3.05, 3.63) is 183 Å². The fraction of sp³-hybridized carbons (Fsp3) is 0.414. The maximum atomic E-state index is 14.3. The largest absolute Gasteiger partial charge is 0.479 e. The first-order valence-electron chi connectivity index (χ1n) is 26.0. The fourth-order valence-corrected chi connectivity index (χ4v) is 8.24. The zero-order chi connectivity index (χ0) is 54.8. The molecule has 1 unspecified atom stereocenters. The van der Waals surface area contributed by atoms with E-state index in [1.807, 2.05) is 66.7 Å². The van der Waals surface area contributed by atoms with E-state index in [-0.39, 0.29) is 51.2 Å². The highest BCUT2D eigenvalue weighted by Gasteiger charge is 2.36. The van der Waals surface area contributed by atoms with Crippen LogP contribution < -0.4 is 21.3 Å². The Morgan fingerprint density at radius 1 is 0.584 bits per heavy atom. The second-order valence-electron chi connectivity index (χ2n) is 17.9. The van der Waals surface area contributed by atoms with Gasteiger partial charge in [-0.25, -0.2) is 4.79 Å². The molecule has 19 heteroatoms. The lowest BCUT2D eigenvalue weighted by molar-refractivity contribution is -0.147. The molecule has 77 heavy (non-hydrogen) atoms. The minimum Gasteiger partial charge on any atom is -0.479 e. The average Bonchev–Trinajstić information content (AvgIpc) is 3.45. The summed E-state index contributed by atoms with van der Waals surface area (Å²) in [7, 11) is 0. The minimum absolute atomic E-state index is 0.0289. The van der Waals surface area contributed by atoms with Gasteiger partial charge in [0.1, 0.15) is 12.1 Å². The normalized spacial score (nSPS) is 12.4. The molecule has 0 fully saturated rings. The molecule has 0 aromatic heterocycles. The molecule has 19 nitrogen and oxygen atoms in total. The van der Waals surface area contributed by atoms with E-state index in [0.717, 1.165) is 27.8 Å². The molecule has 0 saturated carbocycles. The quantitative estimate of drug-likeness (QED) is 0.00778. The number of nitrogens with zero attached hydrogens (tertiary/aromatic N) is 3. The second-order valence-corrected chi connectivity index (χ2v) is 17.9. The molecule has 0 bridgehead atoms. The van der Waals surface area contributed by atoms with Crippen molar-refractivity contribution in [1.29, 1.82) is 0 Å². The van der Waals surface area contributed by atoms with Crippen LogP contribution in [0.5, 0.6) is 0 Å². The molecule has 0 aliphatic heterocycles. The monoisotopic (exact) mass is 1060 g/mol. The Hall–Kier alpha value is -7.03. The Morgan fingerprint density at radius 2 is 1.08 bits per heavy atom. The smallest absolute Gasteiger partial charge is 0.337 e. The topological polar surface area (TPSA) is 261 Å². The molecule has 0 saturated heterocycles. The number of amides is 3. The average molecular weight is 1060 g/mol. The van der Waals surface area contributed by atoms with Gasteiger partial charge in [-0.05, 0) is 78.2 Å².